The summed E-state index contributed by atoms with van der Waals surface area (Å²) < 4.78 is 0.882. The Bertz CT molecular complexity index is 532. The number of rotatable bonds is 5. The second-order valence-electron chi connectivity index (χ2n) is 4.13. The maximum absolute atomic E-state index is 11.9. The molecule has 0 spiro atoms. The van der Waals surface area contributed by atoms with Crippen molar-refractivity contribution in [3.05, 3.63) is 28.2 Å². The van der Waals surface area contributed by atoms with Crippen LogP contribution in [0.5, 0.6) is 0 Å². The lowest BCUT2D eigenvalue weighted by Gasteiger charge is -2.15. The Kier molecular flexibility index (Phi) is 5.51. The lowest BCUT2D eigenvalue weighted by Crippen LogP contribution is -2.45. The van der Waals surface area contributed by atoms with E-state index in [0.29, 0.717) is 5.69 Å². The first-order chi connectivity index (χ1) is 9.29. The van der Waals surface area contributed by atoms with E-state index in [-0.39, 0.29) is 0 Å². The fourth-order valence-corrected chi connectivity index (χ4v) is 1.76. The van der Waals surface area contributed by atoms with Crippen LogP contribution in [0, 0.1) is 6.92 Å². The van der Waals surface area contributed by atoms with Gasteiger partial charge in [0.05, 0.1) is 6.42 Å². The van der Waals surface area contributed by atoms with Gasteiger partial charge in [-0.1, -0.05) is 15.9 Å². The summed E-state index contributed by atoms with van der Waals surface area (Å²) in [5.74, 6) is -1.42. The minimum atomic E-state index is -1.40. The number of carboxylic acid groups (broad SMARTS) is 1. The summed E-state index contributed by atoms with van der Waals surface area (Å²) in [6.07, 6.45) is -1.81. The largest absolute Gasteiger partial charge is 0.465 e. The van der Waals surface area contributed by atoms with Crippen molar-refractivity contribution in [1.29, 1.82) is 0 Å². The van der Waals surface area contributed by atoms with Crippen molar-refractivity contribution in [1.82, 2.24) is 5.32 Å². The molecule has 0 fully saturated rings. The molecule has 0 saturated carbocycles. The molecule has 5 N–H and O–H groups in total. The molecule has 0 bridgehead atoms. The van der Waals surface area contributed by atoms with E-state index in [9.17, 15) is 14.4 Å². The van der Waals surface area contributed by atoms with E-state index in [0.717, 1.165) is 10.0 Å². The average molecular weight is 344 g/mol. The lowest BCUT2D eigenvalue weighted by molar-refractivity contribution is -0.123. The first-order valence-corrected chi connectivity index (χ1v) is 6.43. The average Bonchev–Trinajstić information content (AvgIpc) is 2.32. The van der Waals surface area contributed by atoms with Crippen LogP contribution in [-0.2, 0) is 9.59 Å². The standard InChI is InChI=1S/C12H14BrN3O4/c1-6-4-7(2-3-8(6)13)15-11(18)9(5-10(14)17)16-12(19)20/h2-4,9,16H,5H2,1H3,(H2,14,17)(H,15,18)(H,19,20)/t9-/m0/s1. The molecule has 0 aliphatic heterocycles. The summed E-state index contributed by atoms with van der Waals surface area (Å²) >= 11 is 3.33. The van der Waals surface area contributed by atoms with Crippen LogP contribution >= 0.6 is 15.9 Å². The van der Waals surface area contributed by atoms with E-state index in [1.807, 2.05) is 12.2 Å². The van der Waals surface area contributed by atoms with Gasteiger partial charge in [0.2, 0.25) is 11.8 Å². The van der Waals surface area contributed by atoms with Gasteiger partial charge in [0.1, 0.15) is 6.04 Å². The third-order valence-corrected chi connectivity index (χ3v) is 3.33. The zero-order chi connectivity index (χ0) is 15.3. The molecule has 108 valence electrons. The molecule has 0 radical (unpaired) electrons. The third kappa shape index (κ3) is 4.88. The fourth-order valence-electron chi connectivity index (χ4n) is 1.51. The molecule has 0 unspecified atom stereocenters. The Balaban J connectivity index is 2.81. The molecule has 7 nitrogen and oxygen atoms in total. The van der Waals surface area contributed by atoms with Crippen LogP contribution in [0.15, 0.2) is 22.7 Å². The van der Waals surface area contributed by atoms with Crippen LogP contribution < -0.4 is 16.4 Å². The molecule has 1 aromatic carbocycles. The Labute approximate surface area is 123 Å². The number of nitrogens with one attached hydrogen (secondary N) is 2. The first kappa shape index (κ1) is 16.0. The maximum atomic E-state index is 11.9. The van der Waals surface area contributed by atoms with Gasteiger partial charge in [-0.3, -0.25) is 9.59 Å². The van der Waals surface area contributed by atoms with E-state index < -0.39 is 30.4 Å². The van der Waals surface area contributed by atoms with Crippen LogP contribution in [-0.4, -0.2) is 29.1 Å². The first-order valence-electron chi connectivity index (χ1n) is 5.64. The molecule has 1 aromatic rings. The molecular formula is C12H14BrN3O4. The maximum Gasteiger partial charge on any atom is 0.405 e. The highest BCUT2D eigenvalue weighted by molar-refractivity contribution is 9.10. The van der Waals surface area contributed by atoms with E-state index in [2.05, 4.69) is 21.2 Å². The number of carbonyl (C=O) groups excluding carboxylic acids is 2. The van der Waals surface area contributed by atoms with Gasteiger partial charge in [0.15, 0.2) is 0 Å². The Morgan fingerprint density at radius 2 is 2.05 bits per heavy atom. The molecular weight excluding hydrogens is 330 g/mol. The minimum Gasteiger partial charge on any atom is -0.465 e. The summed E-state index contributed by atoms with van der Waals surface area (Å²) in [4.78, 5) is 33.4. The van der Waals surface area contributed by atoms with E-state index >= 15 is 0 Å². The van der Waals surface area contributed by atoms with Crippen molar-refractivity contribution in [2.75, 3.05) is 5.32 Å². The van der Waals surface area contributed by atoms with Crippen LogP contribution in [0.2, 0.25) is 0 Å². The topological polar surface area (TPSA) is 122 Å². The molecule has 0 saturated heterocycles. The summed E-state index contributed by atoms with van der Waals surface area (Å²) in [7, 11) is 0. The summed E-state index contributed by atoms with van der Waals surface area (Å²) in [6.45, 7) is 1.84. The molecule has 3 amide bonds. The Morgan fingerprint density at radius 1 is 1.40 bits per heavy atom. The molecule has 0 aliphatic rings. The van der Waals surface area contributed by atoms with E-state index in [1.165, 1.54) is 0 Å². The van der Waals surface area contributed by atoms with Crippen molar-refractivity contribution in [3.8, 4) is 0 Å². The van der Waals surface area contributed by atoms with Gasteiger partial charge < -0.3 is 21.5 Å². The number of anilines is 1. The van der Waals surface area contributed by atoms with Gasteiger partial charge in [0, 0.05) is 10.2 Å². The van der Waals surface area contributed by atoms with Crippen LogP contribution in [0.4, 0.5) is 10.5 Å². The minimum absolute atomic E-state index is 0.409. The highest BCUT2D eigenvalue weighted by atomic mass is 79.9. The van der Waals surface area contributed by atoms with Crippen molar-refractivity contribution in [2.45, 2.75) is 19.4 Å². The number of amides is 3. The lowest BCUT2D eigenvalue weighted by atomic mass is 10.1. The van der Waals surface area contributed by atoms with E-state index in [4.69, 9.17) is 10.8 Å². The Morgan fingerprint density at radius 3 is 2.55 bits per heavy atom. The molecule has 0 heterocycles. The van der Waals surface area contributed by atoms with Crippen LogP contribution in [0.1, 0.15) is 12.0 Å². The molecule has 20 heavy (non-hydrogen) atoms. The SMILES string of the molecule is Cc1cc(NC(=O)[C@H](CC(N)=O)NC(=O)O)ccc1Br. The molecule has 0 aromatic heterocycles. The monoisotopic (exact) mass is 343 g/mol. The second-order valence-corrected chi connectivity index (χ2v) is 4.98. The van der Waals surface area contributed by atoms with E-state index in [1.54, 1.807) is 18.2 Å². The van der Waals surface area contributed by atoms with Gasteiger partial charge in [0.25, 0.3) is 0 Å². The van der Waals surface area contributed by atoms with Gasteiger partial charge in [-0.15, -0.1) is 0 Å². The van der Waals surface area contributed by atoms with Crippen molar-refractivity contribution < 1.29 is 19.5 Å². The number of carbonyl (C=O) groups is 3. The quantitative estimate of drug-likeness (QED) is 0.641. The molecule has 1 atom stereocenters. The van der Waals surface area contributed by atoms with Gasteiger partial charge in [-0.2, -0.15) is 0 Å². The number of aryl methyl sites for hydroxylation is 1. The molecule has 1 rings (SSSR count). The number of hydrogen-bond donors (Lipinski definition) is 4. The highest BCUT2D eigenvalue weighted by Crippen LogP contribution is 2.20. The fraction of sp³-hybridized carbons (Fsp3) is 0.250. The predicted molar refractivity (Wildman–Crippen MR) is 76.3 cm³/mol. The molecule has 8 heteroatoms. The number of halogens is 1. The smallest absolute Gasteiger partial charge is 0.405 e. The zero-order valence-corrected chi connectivity index (χ0v) is 12.2. The Hall–Kier alpha value is -2.09. The number of hydrogen-bond acceptors (Lipinski definition) is 3. The van der Waals surface area contributed by atoms with Crippen molar-refractivity contribution >= 4 is 39.5 Å². The summed E-state index contributed by atoms with van der Waals surface area (Å²) in [6, 6.07) is 3.88. The van der Waals surface area contributed by atoms with Crippen LogP contribution in [0.25, 0.3) is 0 Å². The second kappa shape index (κ2) is 6.90. The zero-order valence-electron chi connectivity index (χ0n) is 10.6. The highest BCUT2D eigenvalue weighted by Gasteiger charge is 2.22. The van der Waals surface area contributed by atoms with Crippen molar-refractivity contribution in [2.24, 2.45) is 5.73 Å². The summed E-state index contributed by atoms with van der Waals surface area (Å²) in [5, 5.41) is 13.1. The number of nitrogens with two attached hydrogens (primary N) is 1. The van der Waals surface area contributed by atoms with Gasteiger partial charge in [-0.05, 0) is 30.7 Å². The number of primary amides is 1. The number of benzene rings is 1. The van der Waals surface area contributed by atoms with Crippen molar-refractivity contribution in [3.63, 3.8) is 0 Å². The normalized spacial score (nSPS) is 11.5. The summed E-state index contributed by atoms with van der Waals surface area (Å²) in [5.41, 5.74) is 6.39. The third-order valence-electron chi connectivity index (χ3n) is 2.44. The van der Waals surface area contributed by atoms with Gasteiger partial charge >= 0.3 is 6.09 Å². The van der Waals surface area contributed by atoms with Gasteiger partial charge in [-0.25, -0.2) is 4.79 Å². The molecule has 0 aliphatic carbocycles. The van der Waals surface area contributed by atoms with Crippen LogP contribution in [0.3, 0.4) is 0 Å². The predicted octanol–water partition coefficient (Wildman–Crippen LogP) is 1.21.